The molecule has 1 aliphatic rings. The SMILES string of the molecule is COC(=O)c1ccc(N(C(C)=O)C2(n3c(-c4ccc(Cl)cc4)nc4cc(F)c(F)cc43)CCCCC2)c(Cl)c1. The smallest absolute Gasteiger partial charge is 0.337 e. The number of carbonyl (C=O) groups is 2. The Morgan fingerprint density at radius 3 is 2.26 bits per heavy atom. The van der Waals surface area contributed by atoms with Gasteiger partial charge in [0.1, 0.15) is 11.5 Å². The summed E-state index contributed by atoms with van der Waals surface area (Å²) in [6.45, 7) is 1.43. The third kappa shape index (κ3) is 4.76. The number of rotatable bonds is 5. The largest absolute Gasteiger partial charge is 0.465 e. The molecule has 6 nitrogen and oxygen atoms in total. The molecule has 1 saturated carbocycles. The van der Waals surface area contributed by atoms with Gasteiger partial charge in [-0.2, -0.15) is 0 Å². The van der Waals surface area contributed by atoms with E-state index >= 15 is 0 Å². The lowest BCUT2D eigenvalue weighted by molar-refractivity contribution is -0.119. The molecule has 10 heteroatoms. The molecule has 0 unspecified atom stereocenters. The second kappa shape index (κ2) is 10.6. The maximum atomic E-state index is 14.7. The standard InChI is InChI=1S/C29H25Cl2F2N3O3/c1-17(37)35(25-11-8-19(14-21(25)31)28(38)39-2)29(12-4-3-5-13-29)36-26-16-23(33)22(32)15-24(26)34-27(36)18-6-9-20(30)10-7-18/h6-11,14-16H,3-5,12-13H2,1-2H3. The maximum absolute atomic E-state index is 14.7. The second-order valence-electron chi connectivity index (χ2n) is 9.59. The molecule has 202 valence electrons. The second-order valence-corrected chi connectivity index (χ2v) is 10.4. The van der Waals surface area contributed by atoms with Crippen molar-refractivity contribution in [1.29, 1.82) is 0 Å². The lowest BCUT2D eigenvalue weighted by atomic mass is 9.85. The molecule has 1 amide bonds. The minimum Gasteiger partial charge on any atom is -0.465 e. The summed E-state index contributed by atoms with van der Waals surface area (Å²) in [7, 11) is 1.27. The number of aromatic nitrogens is 2. The number of hydrogen-bond donors (Lipinski definition) is 0. The first-order valence-electron chi connectivity index (χ1n) is 12.5. The van der Waals surface area contributed by atoms with Crippen LogP contribution < -0.4 is 4.90 Å². The van der Waals surface area contributed by atoms with E-state index in [1.807, 2.05) is 4.57 Å². The van der Waals surface area contributed by atoms with Crippen LogP contribution in [0.25, 0.3) is 22.4 Å². The number of methoxy groups -OCH3 is 1. The zero-order valence-corrected chi connectivity index (χ0v) is 22.8. The average Bonchev–Trinajstić information content (AvgIpc) is 3.28. The van der Waals surface area contributed by atoms with Gasteiger partial charge in [-0.05, 0) is 68.1 Å². The van der Waals surface area contributed by atoms with Gasteiger partial charge in [0.05, 0.1) is 34.4 Å². The van der Waals surface area contributed by atoms with Crippen LogP contribution in [-0.2, 0) is 15.2 Å². The van der Waals surface area contributed by atoms with Gasteiger partial charge in [0.15, 0.2) is 11.6 Å². The number of amides is 1. The Labute approximate surface area is 234 Å². The average molecular weight is 572 g/mol. The molecule has 39 heavy (non-hydrogen) atoms. The summed E-state index contributed by atoms with van der Waals surface area (Å²) < 4.78 is 35.7. The van der Waals surface area contributed by atoms with E-state index in [1.165, 1.54) is 20.1 Å². The first-order chi connectivity index (χ1) is 18.7. The third-order valence-corrected chi connectivity index (χ3v) is 7.77. The quantitative estimate of drug-likeness (QED) is 0.230. The van der Waals surface area contributed by atoms with Gasteiger partial charge in [-0.1, -0.05) is 29.6 Å². The van der Waals surface area contributed by atoms with Crippen molar-refractivity contribution < 1.29 is 23.1 Å². The fraction of sp³-hybridized carbons (Fsp3) is 0.276. The summed E-state index contributed by atoms with van der Waals surface area (Å²) in [6.07, 6.45) is 3.49. The number of hydrogen-bond acceptors (Lipinski definition) is 4. The van der Waals surface area contributed by atoms with Gasteiger partial charge in [-0.15, -0.1) is 0 Å². The molecule has 1 heterocycles. The summed E-state index contributed by atoms with van der Waals surface area (Å²) in [5, 5.41) is 0.696. The first-order valence-corrected chi connectivity index (χ1v) is 13.2. The van der Waals surface area contributed by atoms with Crippen molar-refractivity contribution in [2.24, 2.45) is 0 Å². The number of nitrogens with zero attached hydrogens (tertiary/aromatic N) is 3. The van der Waals surface area contributed by atoms with Crippen LogP contribution in [-0.4, -0.2) is 28.5 Å². The molecule has 0 saturated heterocycles. The number of ether oxygens (including phenoxy) is 1. The summed E-state index contributed by atoms with van der Waals surface area (Å²) >= 11 is 12.8. The van der Waals surface area contributed by atoms with Crippen LogP contribution in [0.3, 0.4) is 0 Å². The minimum absolute atomic E-state index is 0.174. The molecule has 0 N–H and O–H groups in total. The van der Waals surface area contributed by atoms with Crippen LogP contribution in [0, 0.1) is 11.6 Å². The summed E-state index contributed by atoms with van der Waals surface area (Å²) in [6, 6.07) is 13.8. The highest BCUT2D eigenvalue weighted by Gasteiger charge is 2.45. The van der Waals surface area contributed by atoms with E-state index in [4.69, 9.17) is 32.9 Å². The van der Waals surface area contributed by atoms with Crippen molar-refractivity contribution in [3.63, 3.8) is 0 Å². The molecule has 3 aromatic carbocycles. The monoisotopic (exact) mass is 571 g/mol. The van der Waals surface area contributed by atoms with Gasteiger partial charge < -0.3 is 4.74 Å². The molecule has 1 aliphatic carbocycles. The van der Waals surface area contributed by atoms with Gasteiger partial charge in [0.2, 0.25) is 5.91 Å². The van der Waals surface area contributed by atoms with Crippen LogP contribution in [0.4, 0.5) is 14.5 Å². The molecular formula is C29H25Cl2F2N3O3. The van der Waals surface area contributed by atoms with E-state index in [-0.39, 0.29) is 22.0 Å². The van der Waals surface area contributed by atoms with Crippen LogP contribution >= 0.6 is 23.2 Å². The van der Waals surface area contributed by atoms with Gasteiger partial charge in [-0.25, -0.2) is 18.6 Å². The van der Waals surface area contributed by atoms with Crippen molar-refractivity contribution in [3.05, 3.63) is 81.8 Å². The molecule has 0 atom stereocenters. The van der Waals surface area contributed by atoms with E-state index < -0.39 is 23.3 Å². The van der Waals surface area contributed by atoms with Crippen molar-refractivity contribution in [1.82, 2.24) is 9.55 Å². The van der Waals surface area contributed by atoms with Gasteiger partial charge in [0, 0.05) is 29.6 Å². The minimum atomic E-state index is -1.06. The molecule has 0 radical (unpaired) electrons. The number of halogens is 4. The Kier molecular flexibility index (Phi) is 7.35. The predicted octanol–water partition coefficient (Wildman–Crippen LogP) is 7.74. The Morgan fingerprint density at radius 2 is 1.64 bits per heavy atom. The Balaban J connectivity index is 1.83. The van der Waals surface area contributed by atoms with Crippen LogP contribution in [0.1, 0.15) is 49.4 Å². The summed E-state index contributed by atoms with van der Waals surface area (Å²) in [5.74, 6) is -2.48. The Hall–Kier alpha value is -3.49. The topological polar surface area (TPSA) is 64.4 Å². The first kappa shape index (κ1) is 27.1. The highest BCUT2D eigenvalue weighted by molar-refractivity contribution is 6.34. The number of fused-ring (bicyclic) bond motifs is 1. The molecule has 4 aromatic rings. The Morgan fingerprint density at radius 1 is 0.974 bits per heavy atom. The van der Waals surface area contributed by atoms with Crippen molar-refractivity contribution in [3.8, 4) is 11.4 Å². The van der Waals surface area contributed by atoms with E-state index in [1.54, 1.807) is 41.3 Å². The van der Waals surface area contributed by atoms with E-state index in [0.717, 1.165) is 31.4 Å². The fourth-order valence-electron chi connectivity index (χ4n) is 5.57. The van der Waals surface area contributed by atoms with Crippen molar-refractivity contribution >= 4 is 51.8 Å². The van der Waals surface area contributed by atoms with Crippen molar-refractivity contribution in [2.45, 2.75) is 44.7 Å². The highest BCUT2D eigenvalue weighted by Crippen LogP contribution is 2.47. The maximum Gasteiger partial charge on any atom is 0.337 e. The molecular weight excluding hydrogens is 547 g/mol. The zero-order valence-electron chi connectivity index (χ0n) is 21.3. The lowest BCUT2D eigenvalue weighted by Gasteiger charge is -2.48. The van der Waals surface area contributed by atoms with Crippen LogP contribution in [0.15, 0.2) is 54.6 Å². The fourth-order valence-corrected chi connectivity index (χ4v) is 5.96. The molecule has 0 bridgehead atoms. The number of esters is 1. The highest BCUT2D eigenvalue weighted by atomic mass is 35.5. The molecule has 1 aromatic heterocycles. The number of carbonyl (C=O) groups excluding carboxylic acids is 2. The molecule has 0 aliphatic heterocycles. The number of anilines is 1. The van der Waals surface area contributed by atoms with Crippen LogP contribution in [0.5, 0.6) is 0 Å². The van der Waals surface area contributed by atoms with Gasteiger partial charge >= 0.3 is 5.97 Å². The normalized spacial score (nSPS) is 14.8. The third-order valence-electron chi connectivity index (χ3n) is 7.21. The van der Waals surface area contributed by atoms with E-state index in [9.17, 15) is 18.4 Å². The zero-order chi connectivity index (χ0) is 27.9. The Bertz CT molecular complexity index is 1580. The summed E-state index contributed by atoms with van der Waals surface area (Å²) in [4.78, 5) is 31.9. The predicted molar refractivity (Wildman–Crippen MR) is 147 cm³/mol. The van der Waals surface area contributed by atoms with E-state index in [2.05, 4.69) is 0 Å². The van der Waals surface area contributed by atoms with E-state index in [0.29, 0.717) is 40.5 Å². The lowest BCUT2D eigenvalue weighted by Crippen LogP contribution is -2.54. The summed E-state index contributed by atoms with van der Waals surface area (Å²) in [5.41, 5.74) is 0.810. The molecule has 1 fully saturated rings. The molecule has 5 rings (SSSR count). The van der Waals surface area contributed by atoms with Crippen LogP contribution in [0.2, 0.25) is 10.0 Å². The number of imidazole rings is 1. The van der Waals surface area contributed by atoms with Crippen molar-refractivity contribution in [2.75, 3.05) is 12.0 Å². The van der Waals surface area contributed by atoms with Gasteiger partial charge in [0.25, 0.3) is 0 Å². The number of benzene rings is 3. The van der Waals surface area contributed by atoms with Gasteiger partial charge in [-0.3, -0.25) is 14.3 Å². The molecule has 0 spiro atoms.